The van der Waals surface area contributed by atoms with Gasteiger partial charge in [0.15, 0.2) is 4.90 Å². The fourth-order valence-electron chi connectivity index (χ4n) is 3.10. The van der Waals surface area contributed by atoms with Gasteiger partial charge >= 0.3 is 0 Å². The van der Waals surface area contributed by atoms with Crippen molar-refractivity contribution in [2.75, 3.05) is 13.1 Å². The first-order chi connectivity index (χ1) is 12.7. The Hall–Kier alpha value is -1.67. The Balaban J connectivity index is 1.26. The molecule has 1 aromatic heterocycles. The molecule has 0 spiro atoms. The quantitative estimate of drug-likeness (QED) is 0.754. The first-order valence-electron chi connectivity index (χ1n) is 8.92. The lowest BCUT2D eigenvalue weighted by Crippen LogP contribution is -2.37. The topological polar surface area (TPSA) is 60.5 Å². The molecule has 2 atom stereocenters. The van der Waals surface area contributed by atoms with Gasteiger partial charge in [-0.1, -0.05) is 12.1 Å². The second-order valence-corrected chi connectivity index (χ2v) is 8.15. The Bertz CT molecular complexity index is 742. The molecule has 1 saturated carbocycles. The normalized spacial score (nSPS) is 21.7. The first-order valence-corrected chi connectivity index (χ1v) is 10.1. The van der Waals surface area contributed by atoms with Crippen molar-refractivity contribution in [3.63, 3.8) is 0 Å². The monoisotopic (exact) mass is 375 g/mol. The van der Waals surface area contributed by atoms with Crippen LogP contribution in [0.25, 0.3) is 0 Å². The highest BCUT2D eigenvalue weighted by atomic mass is 32.2. The minimum absolute atomic E-state index is 0.122. The predicted molar refractivity (Wildman–Crippen MR) is 97.5 cm³/mol. The van der Waals surface area contributed by atoms with E-state index in [-0.39, 0.29) is 6.04 Å². The van der Waals surface area contributed by atoms with E-state index in [9.17, 15) is 8.94 Å². The number of halogens is 1. The summed E-state index contributed by atoms with van der Waals surface area (Å²) in [5, 5.41) is 0. The SMILES string of the molecule is [O-][S@+](N[C@@H]1CCN(Cc2ccc(OC3CC3)cc2)C1)c1cncc(F)c1. The molecule has 1 aromatic carbocycles. The van der Waals surface area contributed by atoms with Gasteiger partial charge in [0.2, 0.25) is 0 Å². The highest BCUT2D eigenvalue weighted by Gasteiger charge is 2.27. The molecular weight excluding hydrogens is 353 g/mol. The molecule has 2 fully saturated rings. The number of nitrogens with zero attached hydrogens (tertiary/aromatic N) is 2. The number of pyridine rings is 1. The van der Waals surface area contributed by atoms with Crippen molar-refractivity contribution in [3.8, 4) is 5.75 Å². The van der Waals surface area contributed by atoms with Crippen LogP contribution in [-0.4, -0.2) is 39.7 Å². The molecule has 7 heteroatoms. The molecule has 0 amide bonds. The fourth-order valence-corrected chi connectivity index (χ4v) is 4.10. The number of hydrogen-bond acceptors (Lipinski definition) is 5. The lowest BCUT2D eigenvalue weighted by Gasteiger charge is -2.18. The summed E-state index contributed by atoms with van der Waals surface area (Å²) in [6.45, 7) is 2.61. The van der Waals surface area contributed by atoms with Gasteiger partial charge in [-0.25, -0.2) is 4.39 Å². The number of ether oxygens (including phenoxy) is 1. The van der Waals surface area contributed by atoms with Crippen LogP contribution >= 0.6 is 0 Å². The van der Waals surface area contributed by atoms with Gasteiger partial charge in [0.1, 0.15) is 11.6 Å². The van der Waals surface area contributed by atoms with E-state index in [1.165, 1.54) is 17.8 Å². The first kappa shape index (κ1) is 17.7. The number of nitrogens with one attached hydrogen (secondary N) is 1. The van der Waals surface area contributed by atoms with Gasteiger partial charge in [-0.05, 0) is 37.0 Å². The van der Waals surface area contributed by atoms with Crippen LogP contribution in [0.1, 0.15) is 24.8 Å². The van der Waals surface area contributed by atoms with Crippen LogP contribution in [0.4, 0.5) is 4.39 Å². The molecule has 4 rings (SSSR count). The molecular formula is C19H22FN3O2S. The van der Waals surface area contributed by atoms with Gasteiger partial charge in [-0.2, -0.15) is 0 Å². The second-order valence-electron chi connectivity index (χ2n) is 6.91. The van der Waals surface area contributed by atoms with Crippen LogP contribution in [0.15, 0.2) is 47.6 Å². The molecule has 1 aliphatic carbocycles. The van der Waals surface area contributed by atoms with Gasteiger partial charge in [0.25, 0.3) is 0 Å². The largest absolute Gasteiger partial charge is 0.593 e. The fraction of sp³-hybridized carbons (Fsp3) is 0.421. The number of aromatic nitrogens is 1. The lowest BCUT2D eigenvalue weighted by molar-refractivity contribution is 0.302. The zero-order valence-corrected chi connectivity index (χ0v) is 15.3. The summed E-state index contributed by atoms with van der Waals surface area (Å²) in [5.41, 5.74) is 1.24. The molecule has 26 heavy (non-hydrogen) atoms. The zero-order chi connectivity index (χ0) is 17.9. The van der Waals surface area contributed by atoms with Crippen molar-refractivity contribution in [1.82, 2.24) is 14.6 Å². The Morgan fingerprint density at radius 1 is 1.23 bits per heavy atom. The van der Waals surface area contributed by atoms with Crippen LogP contribution in [0.3, 0.4) is 0 Å². The minimum Gasteiger partial charge on any atom is -0.593 e. The van der Waals surface area contributed by atoms with E-state index < -0.39 is 17.2 Å². The molecule has 2 aliphatic rings. The summed E-state index contributed by atoms with van der Waals surface area (Å²) in [4.78, 5) is 6.45. The van der Waals surface area contributed by atoms with E-state index in [2.05, 4.69) is 26.7 Å². The molecule has 1 N–H and O–H groups in total. The average molecular weight is 375 g/mol. The van der Waals surface area contributed by atoms with Gasteiger partial charge in [-0.3, -0.25) is 9.88 Å². The van der Waals surface area contributed by atoms with Crippen molar-refractivity contribution in [3.05, 3.63) is 54.1 Å². The van der Waals surface area contributed by atoms with Gasteiger partial charge in [-0.15, -0.1) is 4.72 Å². The van der Waals surface area contributed by atoms with Crippen molar-refractivity contribution in [2.45, 2.75) is 42.8 Å². The zero-order valence-electron chi connectivity index (χ0n) is 14.4. The van der Waals surface area contributed by atoms with Crippen molar-refractivity contribution in [1.29, 1.82) is 0 Å². The van der Waals surface area contributed by atoms with Crippen LogP contribution in [-0.2, 0) is 17.9 Å². The van der Waals surface area contributed by atoms with Crippen molar-refractivity contribution in [2.24, 2.45) is 0 Å². The third-order valence-corrected chi connectivity index (χ3v) is 5.80. The van der Waals surface area contributed by atoms with Crippen LogP contribution in [0, 0.1) is 5.82 Å². The van der Waals surface area contributed by atoms with E-state index in [1.807, 2.05) is 12.1 Å². The average Bonchev–Trinajstić information content (AvgIpc) is 3.35. The van der Waals surface area contributed by atoms with Gasteiger partial charge in [0, 0.05) is 25.7 Å². The second kappa shape index (κ2) is 7.92. The van der Waals surface area contributed by atoms with E-state index in [4.69, 9.17) is 4.74 Å². The van der Waals surface area contributed by atoms with Gasteiger partial charge in [0.05, 0.1) is 35.9 Å². The number of likely N-dealkylation sites (tertiary alicyclic amines) is 1. The standard InChI is InChI=1S/C19H22FN3O2S/c20-15-9-19(11-21-10-15)26(24)22-16-7-8-23(13-16)12-14-1-3-17(4-2-14)25-18-5-6-18/h1-4,9-11,16,18,22H,5-8,12-13H2/t16-,26+/m1/s1. The third-order valence-electron chi connectivity index (χ3n) is 4.60. The third kappa shape index (κ3) is 4.73. The molecule has 1 saturated heterocycles. The maximum Gasteiger partial charge on any atom is 0.195 e. The van der Waals surface area contributed by atoms with Gasteiger partial charge < -0.3 is 9.29 Å². The summed E-state index contributed by atoms with van der Waals surface area (Å²) in [5.74, 6) is 0.469. The van der Waals surface area contributed by atoms with Crippen molar-refractivity contribution < 1.29 is 13.7 Å². The highest BCUT2D eigenvalue weighted by molar-refractivity contribution is 7.89. The summed E-state index contributed by atoms with van der Waals surface area (Å²) in [6.07, 6.45) is 6.20. The summed E-state index contributed by atoms with van der Waals surface area (Å²) >= 11 is -1.44. The number of rotatable bonds is 7. The van der Waals surface area contributed by atoms with Crippen LogP contribution in [0.5, 0.6) is 5.75 Å². The number of benzene rings is 1. The maximum absolute atomic E-state index is 13.2. The van der Waals surface area contributed by atoms with Crippen LogP contribution in [0.2, 0.25) is 0 Å². The molecule has 138 valence electrons. The van der Waals surface area contributed by atoms with E-state index in [1.54, 1.807) is 0 Å². The molecule has 0 unspecified atom stereocenters. The summed E-state index contributed by atoms with van der Waals surface area (Å²) in [6, 6.07) is 9.66. The summed E-state index contributed by atoms with van der Waals surface area (Å²) < 4.78 is 34.4. The predicted octanol–water partition coefficient (Wildman–Crippen LogP) is 2.65. The molecule has 1 aliphatic heterocycles. The molecule has 2 heterocycles. The Kier molecular flexibility index (Phi) is 5.40. The Morgan fingerprint density at radius 3 is 2.77 bits per heavy atom. The van der Waals surface area contributed by atoms with E-state index in [0.29, 0.717) is 11.0 Å². The molecule has 2 aromatic rings. The highest BCUT2D eigenvalue weighted by Crippen LogP contribution is 2.27. The maximum atomic E-state index is 13.2. The molecule has 0 radical (unpaired) electrons. The Labute approximate surface area is 155 Å². The lowest BCUT2D eigenvalue weighted by atomic mass is 10.2. The minimum atomic E-state index is -1.44. The summed E-state index contributed by atoms with van der Waals surface area (Å²) in [7, 11) is 0. The Morgan fingerprint density at radius 2 is 2.04 bits per heavy atom. The smallest absolute Gasteiger partial charge is 0.195 e. The van der Waals surface area contributed by atoms with E-state index in [0.717, 1.165) is 50.8 Å². The van der Waals surface area contributed by atoms with Crippen molar-refractivity contribution >= 4 is 11.4 Å². The number of hydrogen-bond donors (Lipinski definition) is 1. The van der Waals surface area contributed by atoms with Crippen LogP contribution < -0.4 is 9.46 Å². The molecule has 0 bridgehead atoms. The van der Waals surface area contributed by atoms with E-state index >= 15 is 0 Å². The molecule has 5 nitrogen and oxygen atoms in total.